The highest BCUT2D eigenvalue weighted by Crippen LogP contribution is 2.57. The average Bonchev–Trinajstić information content (AvgIpc) is 2.61. The highest BCUT2D eigenvalue weighted by Gasteiger charge is 2.55. The molecule has 4 heteroatoms. The van der Waals surface area contributed by atoms with E-state index >= 15 is 0 Å². The molecule has 3 atom stereocenters. The summed E-state index contributed by atoms with van der Waals surface area (Å²) in [6.45, 7) is 7.74. The molecule has 0 spiro atoms. The van der Waals surface area contributed by atoms with Crippen molar-refractivity contribution in [1.29, 1.82) is 0 Å². The SMILES string of the molecule is C=CC(=O)Oc1ccc2c(c1)[C@@]1(C)CCC[C@](C)(C(=O)OC)[C@@H]1CC2. The number of rotatable bonds is 3. The summed E-state index contributed by atoms with van der Waals surface area (Å²) in [5.41, 5.74) is 1.90. The van der Waals surface area contributed by atoms with Crippen LogP contribution in [0, 0.1) is 11.3 Å². The molecule has 2 aliphatic carbocycles. The van der Waals surface area contributed by atoms with Gasteiger partial charge in [0.1, 0.15) is 5.75 Å². The molecule has 1 aromatic rings. The summed E-state index contributed by atoms with van der Waals surface area (Å²) in [6, 6.07) is 5.87. The Morgan fingerprint density at radius 3 is 2.72 bits per heavy atom. The van der Waals surface area contributed by atoms with Crippen LogP contribution in [0.4, 0.5) is 0 Å². The van der Waals surface area contributed by atoms with Crippen LogP contribution in [0.1, 0.15) is 50.7 Å². The van der Waals surface area contributed by atoms with E-state index in [1.54, 1.807) is 0 Å². The van der Waals surface area contributed by atoms with Crippen LogP contribution < -0.4 is 4.74 Å². The van der Waals surface area contributed by atoms with E-state index in [0.29, 0.717) is 5.75 Å². The molecule has 0 heterocycles. The molecule has 0 aliphatic heterocycles. The third-order valence-corrected chi connectivity index (χ3v) is 6.37. The highest BCUT2D eigenvalue weighted by atomic mass is 16.5. The summed E-state index contributed by atoms with van der Waals surface area (Å²) in [7, 11) is 1.48. The molecule has 3 rings (SSSR count). The minimum Gasteiger partial charge on any atom is -0.469 e. The maximum atomic E-state index is 12.5. The van der Waals surface area contributed by atoms with Crippen LogP contribution in [0.2, 0.25) is 0 Å². The maximum absolute atomic E-state index is 12.5. The van der Waals surface area contributed by atoms with Crippen molar-refractivity contribution in [3.63, 3.8) is 0 Å². The van der Waals surface area contributed by atoms with Crippen LogP contribution in [0.5, 0.6) is 5.75 Å². The fourth-order valence-corrected chi connectivity index (χ4v) is 5.14. The summed E-state index contributed by atoms with van der Waals surface area (Å²) < 4.78 is 10.5. The van der Waals surface area contributed by atoms with Crippen molar-refractivity contribution in [1.82, 2.24) is 0 Å². The number of ether oxygens (including phenoxy) is 2. The standard InChI is InChI=1S/C21H26O4/c1-5-18(22)25-15-9-7-14-8-10-17-20(2,16(14)13-15)11-6-12-21(17,3)19(23)24-4/h5,7,9,13,17H,1,6,8,10-12H2,2-4H3/t17-,20-,21+/m1/s1. The maximum Gasteiger partial charge on any atom is 0.335 e. The predicted octanol–water partition coefficient (Wildman–Crippen LogP) is 3.96. The Balaban J connectivity index is 2.03. The molecule has 0 amide bonds. The zero-order chi connectivity index (χ0) is 18.2. The summed E-state index contributed by atoms with van der Waals surface area (Å²) in [5, 5.41) is 0. The van der Waals surface area contributed by atoms with Gasteiger partial charge in [0.15, 0.2) is 0 Å². The van der Waals surface area contributed by atoms with Gasteiger partial charge in [-0.2, -0.15) is 0 Å². The van der Waals surface area contributed by atoms with E-state index in [-0.39, 0.29) is 17.3 Å². The smallest absolute Gasteiger partial charge is 0.335 e. The third kappa shape index (κ3) is 2.78. The topological polar surface area (TPSA) is 52.6 Å². The first kappa shape index (κ1) is 17.7. The molecule has 134 valence electrons. The molecule has 1 aromatic carbocycles. The number of carbonyl (C=O) groups excluding carboxylic acids is 2. The molecule has 0 radical (unpaired) electrons. The number of hydrogen-bond donors (Lipinski definition) is 0. The molecule has 0 saturated heterocycles. The van der Waals surface area contributed by atoms with Gasteiger partial charge in [0.05, 0.1) is 12.5 Å². The van der Waals surface area contributed by atoms with Gasteiger partial charge in [-0.05, 0) is 67.2 Å². The van der Waals surface area contributed by atoms with Crippen molar-refractivity contribution in [2.75, 3.05) is 7.11 Å². The second kappa shape index (κ2) is 6.32. The number of aryl methyl sites for hydroxylation is 1. The minimum atomic E-state index is -0.465. The second-order valence-corrected chi connectivity index (χ2v) is 7.72. The van der Waals surface area contributed by atoms with Gasteiger partial charge in [-0.25, -0.2) is 4.79 Å². The van der Waals surface area contributed by atoms with Gasteiger partial charge in [0.2, 0.25) is 0 Å². The summed E-state index contributed by atoms with van der Waals surface area (Å²) in [6.07, 6.45) is 5.93. The number of carbonyl (C=O) groups is 2. The van der Waals surface area contributed by atoms with Gasteiger partial charge in [0.25, 0.3) is 0 Å². The Morgan fingerprint density at radius 1 is 1.28 bits per heavy atom. The number of esters is 2. The van der Waals surface area contributed by atoms with Crippen LogP contribution in [-0.2, 0) is 26.2 Å². The summed E-state index contributed by atoms with van der Waals surface area (Å²) in [5.74, 6) is 0.191. The lowest BCUT2D eigenvalue weighted by molar-refractivity contribution is -0.161. The lowest BCUT2D eigenvalue weighted by atomic mass is 9.50. The Morgan fingerprint density at radius 2 is 2.04 bits per heavy atom. The minimum absolute atomic E-state index is 0.110. The van der Waals surface area contributed by atoms with Gasteiger partial charge < -0.3 is 9.47 Å². The van der Waals surface area contributed by atoms with E-state index in [0.717, 1.165) is 32.1 Å². The number of benzene rings is 1. The Bertz CT molecular complexity index is 723. The van der Waals surface area contributed by atoms with Crippen molar-refractivity contribution in [2.45, 2.75) is 51.4 Å². The predicted molar refractivity (Wildman–Crippen MR) is 95.4 cm³/mol. The molecule has 0 aromatic heterocycles. The molecular weight excluding hydrogens is 316 g/mol. The van der Waals surface area contributed by atoms with Crippen LogP contribution in [0.15, 0.2) is 30.9 Å². The average molecular weight is 342 g/mol. The van der Waals surface area contributed by atoms with Crippen LogP contribution in [0.25, 0.3) is 0 Å². The van der Waals surface area contributed by atoms with E-state index in [1.165, 1.54) is 24.3 Å². The molecule has 1 saturated carbocycles. The fourth-order valence-electron chi connectivity index (χ4n) is 5.14. The Hall–Kier alpha value is -2.10. The van der Waals surface area contributed by atoms with Crippen molar-refractivity contribution in [3.05, 3.63) is 42.0 Å². The Kier molecular flexibility index (Phi) is 4.48. The van der Waals surface area contributed by atoms with Crippen molar-refractivity contribution in [2.24, 2.45) is 11.3 Å². The van der Waals surface area contributed by atoms with Crippen molar-refractivity contribution < 1.29 is 19.1 Å². The first-order valence-electron chi connectivity index (χ1n) is 8.91. The zero-order valence-corrected chi connectivity index (χ0v) is 15.3. The van der Waals surface area contributed by atoms with Gasteiger partial charge in [-0.3, -0.25) is 4.79 Å². The number of hydrogen-bond acceptors (Lipinski definition) is 4. The zero-order valence-electron chi connectivity index (χ0n) is 15.3. The first-order chi connectivity index (χ1) is 11.8. The molecule has 25 heavy (non-hydrogen) atoms. The van der Waals surface area contributed by atoms with Crippen molar-refractivity contribution in [3.8, 4) is 5.75 Å². The Labute approximate surface area is 149 Å². The third-order valence-electron chi connectivity index (χ3n) is 6.37. The summed E-state index contributed by atoms with van der Waals surface area (Å²) >= 11 is 0. The molecular formula is C21H26O4. The summed E-state index contributed by atoms with van der Waals surface area (Å²) in [4.78, 5) is 24.1. The lowest BCUT2D eigenvalue weighted by Crippen LogP contribution is -2.52. The van der Waals surface area contributed by atoms with Crippen LogP contribution >= 0.6 is 0 Å². The molecule has 2 aliphatic rings. The van der Waals surface area contributed by atoms with Crippen molar-refractivity contribution >= 4 is 11.9 Å². The quantitative estimate of drug-likeness (QED) is 0.474. The number of fused-ring (bicyclic) bond motifs is 3. The second-order valence-electron chi connectivity index (χ2n) is 7.72. The van der Waals surface area contributed by atoms with Gasteiger partial charge in [-0.1, -0.05) is 26.0 Å². The molecule has 4 nitrogen and oxygen atoms in total. The molecule has 0 N–H and O–H groups in total. The normalized spacial score (nSPS) is 30.6. The molecule has 1 fully saturated rings. The largest absolute Gasteiger partial charge is 0.469 e. The fraction of sp³-hybridized carbons (Fsp3) is 0.524. The van der Waals surface area contributed by atoms with Crippen LogP contribution in [-0.4, -0.2) is 19.0 Å². The van der Waals surface area contributed by atoms with E-state index in [2.05, 4.69) is 13.5 Å². The molecule has 0 bridgehead atoms. The van der Waals surface area contributed by atoms with Gasteiger partial charge >= 0.3 is 11.9 Å². The first-order valence-corrected chi connectivity index (χ1v) is 8.91. The monoisotopic (exact) mass is 342 g/mol. The van der Waals surface area contributed by atoms with E-state index in [1.807, 2.05) is 25.1 Å². The van der Waals surface area contributed by atoms with E-state index in [9.17, 15) is 9.59 Å². The number of methoxy groups -OCH3 is 1. The van der Waals surface area contributed by atoms with E-state index in [4.69, 9.17) is 9.47 Å². The highest BCUT2D eigenvalue weighted by molar-refractivity contribution is 5.83. The van der Waals surface area contributed by atoms with Crippen LogP contribution in [0.3, 0.4) is 0 Å². The lowest BCUT2D eigenvalue weighted by Gasteiger charge is -2.54. The van der Waals surface area contributed by atoms with Gasteiger partial charge in [-0.15, -0.1) is 0 Å². The molecule has 0 unspecified atom stereocenters. The van der Waals surface area contributed by atoms with E-state index < -0.39 is 11.4 Å². The van der Waals surface area contributed by atoms with Gasteiger partial charge in [0, 0.05) is 6.08 Å².